The number of fused-ring (bicyclic) bond motifs is 1. The molecule has 0 radical (unpaired) electrons. The summed E-state index contributed by atoms with van der Waals surface area (Å²) in [6.07, 6.45) is 0.487. The predicted molar refractivity (Wildman–Crippen MR) is 137 cm³/mol. The van der Waals surface area contributed by atoms with Crippen molar-refractivity contribution in [2.75, 3.05) is 57.0 Å². The van der Waals surface area contributed by atoms with Gasteiger partial charge in [0.2, 0.25) is 5.95 Å². The molecule has 2 aliphatic heterocycles. The molecule has 2 atom stereocenters. The number of halogens is 2. The molecule has 1 fully saturated rings. The molecule has 1 aromatic carbocycles. The van der Waals surface area contributed by atoms with Gasteiger partial charge in [0, 0.05) is 44.3 Å². The first-order valence-electron chi connectivity index (χ1n) is 12.4. The predicted octanol–water partition coefficient (Wildman–Crippen LogP) is 3.12. The van der Waals surface area contributed by atoms with Crippen LogP contribution in [0.4, 0.5) is 25.2 Å². The van der Waals surface area contributed by atoms with Crippen molar-refractivity contribution in [3.63, 3.8) is 0 Å². The van der Waals surface area contributed by atoms with E-state index in [1.165, 1.54) is 6.07 Å². The molecule has 2 aromatic rings. The summed E-state index contributed by atoms with van der Waals surface area (Å²) in [4.78, 5) is 24.8. The molecule has 37 heavy (non-hydrogen) atoms. The zero-order chi connectivity index (χ0) is 26.7. The summed E-state index contributed by atoms with van der Waals surface area (Å²) in [5.74, 6) is -0.913. The Kier molecular flexibility index (Phi) is 7.98. The molecule has 1 saturated heterocycles. The summed E-state index contributed by atoms with van der Waals surface area (Å²) in [6.45, 7) is 10.9. The first kappa shape index (κ1) is 26.8. The van der Waals surface area contributed by atoms with Crippen LogP contribution in [0.1, 0.15) is 27.7 Å². The van der Waals surface area contributed by atoms with Gasteiger partial charge in [0.25, 0.3) is 0 Å². The van der Waals surface area contributed by atoms with Crippen molar-refractivity contribution < 1.29 is 23.0 Å². The Bertz CT molecular complexity index is 1120. The maximum absolute atomic E-state index is 14.7. The highest BCUT2D eigenvalue weighted by Gasteiger charge is 2.30. The van der Waals surface area contributed by atoms with E-state index in [0.717, 1.165) is 6.20 Å². The van der Waals surface area contributed by atoms with E-state index in [1.807, 2.05) is 27.7 Å². The minimum absolute atomic E-state index is 0.00886. The Balaban J connectivity index is 1.44. The molecule has 3 N–H and O–H groups in total. The molecule has 202 valence electrons. The van der Waals surface area contributed by atoms with Crippen molar-refractivity contribution in [2.45, 2.75) is 45.5 Å². The molecule has 12 heteroatoms. The fourth-order valence-corrected chi connectivity index (χ4v) is 4.41. The highest BCUT2D eigenvalue weighted by atomic mass is 19.1. The molecular formula is C25H35F2N7O3. The van der Waals surface area contributed by atoms with Crippen molar-refractivity contribution in [3.8, 4) is 17.0 Å². The van der Waals surface area contributed by atoms with Gasteiger partial charge in [0.15, 0.2) is 17.4 Å². The van der Waals surface area contributed by atoms with E-state index in [2.05, 4.69) is 30.8 Å². The minimum Gasteiger partial charge on any atom is -0.486 e. The Morgan fingerprint density at radius 2 is 1.92 bits per heavy atom. The zero-order valence-corrected chi connectivity index (χ0v) is 21.9. The fraction of sp³-hybridized carbons (Fsp3) is 0.560. The molecule has 0 aliphatic carbocycles. The van der Waals surface area contributed by atoms with E-state index in [9.17, 15) is 13.6 Å². The molecule has 4 rings (SSSR count). The van der Waals surface area contributed by atoms with E-state index in [0.29, 0.717) is 45.0 Å². The van der Waals surface area contributed by atoms with Gasteiger partial charge in [-0.05, 0) is 46.9 Å². The van der Waals surface area contributed by atoms with E-state index in [-0.39, 0.29) is 41.3 Å². The van der Waals surface area contributed by atoms with Gasteiger partial charge < -0.3 is 25.0 Å². The number of nitrogens with one attached hydrogen (secondary N) is 3. The topological polar surface area (TPSA) is 104 Å². The molecule has 0 saturated carbocycles. The van der Waals surface area contributed by atoms with Crippen molar-refractivity contribution >= 4 is 17.7 Å². The second-order valence-electron chi connectivity index (χ2n) is 10.2. The third-order valence-electron chi connectivity index (χ3n) is 6.34. The number of nitrogens with zero attached hydrogens (tertiary/aromatic N) is 4. The summed E-state index contributed by atoms with van der Waals surface area (Å²) < 4.78 is 40.1. The van der Waals surface area contributed by atoms with Crippen LogP contribution in [0, 0.1) is 11.6 Å². The van der Waals surface area contributed by atoms with E-state index in [4.69, 9.17) is 9.47 Å². The molecule has 1 aromatic heterocycles. The second-order valence-corrected chi connectivity index (χ2v) is 10.2. The van der Waals surface area contributed by atoms with Crippen molar-refractivity contribution in [1.82, 2.24) is 25.1 Å². The summed E-state index contributed by atoms with van der Waals surface area (Å²) in [6, 6.07) is 2.82. The van der Waals surface area contributed by atoms with Gasteiger partial charge >= 0.3 is 6.09 Å². The van der Waals surface area contributed by atoms with Crippen LogP contribution in [0.2, 0.25) is 0 Å². The summed E-state index contributed by atoms with van der Waals surface area (Å²) >= 11 is 0. The third kappa shape index (κ3) is 6.37. The number of likely N-dealkylation sites (N-methyl/N-ethyl adjacent to an activating group) is 1. The first-order valence-corrected chi connectivity index (χ1v) is 12.4. The van der Waals surface area contributed by atoms with Gasteiger partial charge in [-0.3, -0.25) is 10.2 Å². The number of aromatic nitrogens is 2. The first-order chi connectivity index (χ1) is 17.6. The minimum atomic E-state index is -0.658. The molecular weight excluding hydrogens is 484 g/mol. The number of carbonyl (C=O) groups is 1. The number of anilines is 2. The maximum atomic E-state index is 14.7. The fourth-order valence-electron chi connectivity index (χ4n) is 4.41. The molecule has 10 nitrogen and oxygen atoms in total. The van der Waals surface area contributed by atoms with Crippen molar-refractivity contribution in [1.29, 1.82) is 0 Å². The van der Waals surface area contributed by atoms with Gasteiger partial charge in [-0.2, -0.15) is 0 Å². The van der Waals surface area contributed by atoms with Gasteiger partial charge in [-0.15, -0.1) is 0 Å². The lowest BCUT2D eigenvalue weighted by molar-refractivity contribution is 0.00987. The number of carbonyl (C=O) groups excluding carboxylic acids is 1. The van der Waals surface area contributed by atoms with E-state index < -0.39 is 17.2 Å². The van der Waals surface area contributed by atoms with Crippen LogP contribution in [-0.2, 0) is 4.74 Å². The van der Waals surface area contributed by atoms with Crippen molar-refractivity contribution in [3.05, 3.63) is 30.0 Å². The monoisotopic (exact) mass is 519 g/mol. The molecule has 3 heterocycles. The van der Waals surface area contributed by atoms with Crippen LogP contribution >= 0.6 is 0 Å². The number of ether oxygens (including phenoxy) is 2. The Hall–Kier alpha value is -3.25. The molecule has 2 aliphatic rings. The highest BCUT2D eigenvalue weighted by Crippen LogP contribution is 2.35. The standard InChI is InChI=1S/C25H35F2N7O3/c1-15(33-7-9-34(10-8-33)24(35)37-25(2,3)4)22(28-5)32-23-30-14-18(27)20(31-23)16-12-17(26)21-19(13-16)29-6-11-36-21/h12-15,22,28-29H,6-11H2,1-5H3,(H,30,31,32)/t15-,22?/m1/s1. The van der Waals surface area contributed by atoms with Crippen LogP contribution in [0.25, 0.3) is 11.3 Å². The lowest BCUT2D eigenvalue weighted by atomic mass is 10.1. The van der Waals surface area contributed by atoms with Crippen LogP contribution in [-0.4, -0.2) is 90.0 Å². The Morgan fingerprint density at radius 1 is 1.19 bits per heavy atom. The van der Waals surface area contributed by atoms with Gasteiger partial charge in [0.1, 0.15) is 17.9 Å². The smallest absolute Gasteiger partial charge is 0.410 e. The molecule has 0 spiro atoms. The van der Waals surface area contributed by atoms with Crippen molar-refractivity contribution in [2.24, 2.45) is 0 Å². The Morgan fingerprint density at radius 3 is 2.59 bits per heavy atom. The second kappa shape index (κ2) is 11.0. The largest absolute Gasteiger partial charge is 0.486 e. The summed E-state index contributed by atoms with van der Waals surface area (Å²) in [7, 11) is 1.81. The molecule has 1 unspecified atom stereocenters. The summed E-state index contributed by atoms with van der Waals surface area (Å²) in [5.41, 5.74) is 0.192. The number of hydrogen-bond donors (Lipinski definition) is 3. The number of rotatable bonds is 6. The highest BCUT2D eigenvalue weighted by molar-refractivity contribution is 5.71. The number of hydrogen-bond acceptors (Lipinski definition) is 9. The SMILES string of the molecule is CNC(Nc1ncc(F)c(-c2cc(F)c3c(c2)NCCO3)n1)[C@@H](C)N1CCN(C(=O)OC(C)(C)C)CC1. The van der Waals surface area contributed by atoms with Crippen LogP contribution < -0.4 is 20.7 Å². The number of benzene rings is 1. The van der Waals surface area contributed by atoms with Gasteiger partial charge in [0.05, 0.1) is 18.1 Å². The number of amides is 1. The van der Waals surface area contributed by atoms with Gasteiger partial charge in [-0.1, -0.05) is 0 Å². The lowest BCUT2D eigenvalue weighted by Crippen LogP contribution is -2.58. The van der Waals surface area contributed by atoms with Crippen LogP contribution in [0.3, 0.4) is 0 Å². The average Bonchev–Trinajstić information content (AvgIpc) is 2.87. The van der Waals surface area contributed by atoms with Gasteiger partial charge in [-0.25, -0.2) is 23.5 Å². The molecule has 1 amide bonds. The average molecular weight is 520 g/mol. The van der Waals surface area contributed by atoms with Crippen LogP contribution in [0.5, 0.6) is 5.75 Å². The lowest BCUT2D eigenvalue weighted by Gasteiger charge is -2.41. The number of piperazine rings is 1. The zero-order valence-electron chi connectivity index (χ0n) is 21.9. The normalized spacial score (nSPS) is 17.8. The van der Waals surface area contributed by atoms with E-state index in [1.54, 1.807) is 18.0 Å². The Labute approximate surface area is 215 Å². The quantitative estimate of drug-likeness (QED) is 0.497. The summed E-state index contributed by atoms with van der Waals surface area (Å²) in [5, 5.41) is 9.51. The third-order valence-corrected chi connectivity index (χ3v) is 6.34. The molecule has 0 bridgehead atoms. The van der Waals surface area contributed by atoms with Crippen LogP contribution in [0.15, 0.2) is 18.3 Å². The van der Waals surface area contributed by atoms with E-state index >= 15 is 0 Å². The maximum Gasteiger partial charge on any atom is 0.410 e.